The molecule has 0 spiro atoms. The molecule has 1 aliphatic heterocycles. The van der Waals surface area contributed by atoms with Gasteiger partial charge in [-0.25, -0.2) is 13.2 Å². The second kappa shape index (κ2) is 4.97. The number of hydrogen-bond donors (Lipinski definition) is 1. The second-order valence-electron chi connectivity index (χ2n) is 4.22. The van der Waals surface area contributed by atoms with E-state index in [1.165, 1.54) is 4.90 Å². The highest BCUT2D eigenvalue weighted by Crippen LogP contribution is 2.23. The number of aliphatic hydroxyl groups is 1. The summed E-state index contributed by atoms with van der Waals surface area (Å²) in [5, 5.41) is 9.07. The van der Waals surface area contributed by atoms with Gasteiger partial charge in [0.05, 0.1) is 12.6 Å². The number of nitrogens with zero attached hydrogens (tertiary/aromatic N) is 1. The molecule has 1 aromatic carbocycles. The number of likely N-dealkylation sites (tertiary alicyclic amines) is 1. The molecular formula is C12H12F3NO2. The molecule has 0 radical (unpaired) electrons. The van der Waals surface area contributed by atoms with Crippen LogP contribution < -0.4 is 0 Å². The van der Waals surface area contributed by atoms with Gasteiger partial charge in [0.25, 0.3) is 5.91 Å². The maximum Gasteiger partial charge on any atom is 0.260 e. The third-order valence-corrected chi connectivity index (χ3v) is 3.07. The molecule has 0 aliphatic carbocycles. The molecule has 1 heterocycles. The number of benzene rings is 1. The average Bonchev–Trinajstić information content (AvgIpc) is 2.75. The molecule has 1 N–H and O–H groups in total. The van der Waals surface area contributed by atoms with Gasteiger partial charge in [-0.1, -0.05) is 0 Å². The quantitative estimate of drug-likeness (QED) is 0.878. The van der Waals surface area contributed by atoms with Gasteiger partial charge < -0.3 is 10.0 Å². The fourth-order valence-corrected chi connectivity index (χ4v) is 2.18. The van der Waals surface area contributed by atoms with Crippen molar-refractivity contribution in [2.45, 2.75) is 18.9 Å². The minimum Gasteiger partial charge on any atom is -0.394 e. The molecule has 2 rings (SSSR count). The van der Waals surface area contributed by atoms with Gasteiger partial charge in [0.2, 0.25) is 0 Å². The zero-order chi connectivity index (χ0) is 13.3. The van der Waals surface area contributed by atoms with Gasteiger partial charge in [0, 0.05) is 18.7 Å². The van der Waals surface area contributed by atoms with Crippen LogP contribution in [0.3, 0.4) is 0 Å². The lowest BCUT2D eigenvalue weighted by atomic mass is 10.1. The Morgan fingerprint density at radius 3 is 2.50 bits per heavy atom. The van der Waals surface area contributed by atoms with Crippen molar-refractivity contribution in [1.29, 1.82) is 0 Å². The second-order valence-corrected chi connectivity index (χ2v) is 4.22. The van der Waals surface area contributed by atoms with Crippen LogP contribution in [0.15, 0.2) is 12.1 Å². The first kappa shape index (κ1) is 12.9. The Labute approximate surface area is 102 Å². The van der Waals surface area contributed by atoms with Crippen LogP contribution in [0.2, 0.25) is 0 Å². The van der Waals surface area contributed by atoms with Gasteiger partial charge in [-0.05, 0) is 12.8 Å². The van der Waals surface area contributed by atoms with Gasteiger partial charge in [-0.15, -0.1) is 0 Å². The summed E-state index contributed by atoms with van der Waals surface area (Å²) >= 11 is 0. The topological polar surface area (TPSA) is 40.5 Å². The van der Waals surface area contributed by atoms with E-state index in [-0.39, 0.29) is 6.61 Å². The van der Waals surface area contributed by atoms with E-state index in [9.17, 15) is 18.0 Å². The molecule has 1 unspecified atom stereocenters. The number of carbonyl (C=O) groups is 1. The highest BCUT2D eigenvalue weighted by molar-refractivity contribution is 5.95. The summed E-state index contributed by atoms with van der Waals surface area (Å²) < 4.78 is 39.7. The van der Waals surface area contributed by atoms with Crippen LogP contribution in [0.25, 0.3) is 0 Å². The Bertz CT molecular complexity index is 455. The third-order valence-electron chi connectivity index (χ3n) is 3.07. The van der Waals surface area contributed by atoms with Crippen molar-refractivity contribution >= 4 is 5.91 Å². The largest absolute Gasteiger partial charge is 0.394 e. The molecule has 1 aliphatic rings. The summed E-state index contributed by atoms with van der Waals surface area (Å²) in [6.07, 6.45) is 1.26. The van der Waals surface area contributed by atoms with Crippen LogP contribution in [0, 0.1) is 17.5 Å². The monoisotopic (exact) mass is 259 g/mol. The summed E-state index contributed by atoms with van der Waals surface area (Å²) in [6, 6.07) is 0.516. The smallest absolute Gasteiger partial charge is 0.260 e. The highest BCUT2D eigenvalue weighted by atomic mass is 19.1. The Balaban J connectivity index is 2.34. The zero-order valence-corrected chi connectivity index (χ0v) is 9.50. The number of halogens is 3. The van der Waals surface area contributed by atoms with Crippen molar-refractivity contribution in [1.82, 2.24) is 4.90 Å². The molecule has 18 heavy (non-hydrogen) atoms. The van der Waals surface area contributed by atoms with Crippen molar-refractivity contribution in [2.75, 3.05) is 13.2 Å². The number of hydrogen-bond acceptors (Lipinski definition) is 2. The van der Waals surface area contributed by atoms with Crippen LogP contribution >= 0.6 is 0 Å². The van der Waals surface area contributed by atoms with E-state index >= 15 is 0 Å². The van der Waals surface area contributed by atoms with Crippen molar-refractivity contribution in [2.24, 2.45) is 0 Å². The van der Waals surface area contributed by atoms with Gasteiger partial charge >= 0.3 is 0 Å². The van der Waals surface area contributed by atoms with Gasteiger partial charge in [-0.3, -0.25) is 4.79 Å². The maximum atomic E-state index is 13.5. The van der Waals surface area contributed by atoms with E-state index < -0.39 is 35.0 Å². The summed E-state index contributed by atoms with van der Waals surface area (Å²) in [7, 11) is 0. The standard InChI is InChI=1S/C12H12F3NO2/c13-7-4-9(14)11(10(15)5-7)12(18)16-3-1-2-8(16)6-17/h4-5,8,17H,1-3,6H2. The van der Waals surface area contributed by atoms with Crippen LogP contribution in [0.1, 0.15) is 23.2 Å². The first-order valence-electron chi connectivity index (χ1n) is 5.61. The molecule has 0 aromatic heterocycles. The normalized spacial score (nSPS) is 19.3. The first-order chi connectivity index (χ1) is 8.54. The lowest BCUT2D eigenvalue weighted by molar-refractivity contribution is 0.0667. The van der Waals surface area contributed by atoms with Crippen molar-refractivity contribution in [3.05, 3.63) is 35.1 Å². The van der Waals surface area contributed by atoms with Crippen LogP contribution in [-0.2, 0) is 0 Å². The molecule has 1 atom stereocenters. The van der Waals surface area contributed by atoms with E-state index in [1.54, 1.807) is 0 Å². The van der Waals surface area contributed by atoms with Crippen LogP contribution in [0.5, 0.6) is 0 Å². The van der Waals surface area contributed by atoms with E-state index in [2.05, 4.69) is 0 Å². The molecule has 1 amide bonds. The lowest BCUT2D eigenvalue weighted by Gasteiger charge is -2.23. The predicted molar refractivity (Wildman–Crippen MR) is 57.5 cm³/mol. The van der Waals surface area contributed by atoms with Gasteiger partial charge in [-0.2, -0.15) is 0 Å². The third kappa shape index (κ3) is 2.20. The fourth-order valence-electron chi connectivity index (χ4n) is 2.18. The highest BCUT2D eigenvalue weighted by Gasteiger charge is 2.32. The fraction of sp³-hybridized carbons (Fsp3) is 0.417. The number of aliphatic hydroxyl groups excluding tert-OH is 1. The van der Waals surface area contributed by atoms with E-state index in [4.69, 9.17) is 5.11 Å². The number of rotatable bonds is 2. The van der Waals surface area contributed by atoms with Gasteiger partial charge in [0.15, 0.2) is 0 Å². The first-order valence-corrected chi connectivity index (χ1v) is 5.61. The van der Waals surface area contributed by atoms with E-state index in [0.717, 1.165) is 0 Å². The summed E-state index contributed by atoms with van der Waals surface area (Å²) in [4.78, 5) is 13.2. The minimum absolute atomic E-state index is 0.254. The average molecular weight is 259 g/mol. The van der Waals surface area contributed by atoms with Crippen LogP contribution in [-0.4, -0.2) is 35.1 Å². The number of carbonyl (C=O) groups excluding carboxylic acids is 1. The Morgan fingerprint density at radius 2 is 1.94 bits per heavy atom. The lowest BCUT2D eigenvalue weighted by Crippen LogP contribution is -2.38. The Kier molecular flexibility index (Phi) is 3.56. The van der Waals surface area contributed by atoms with Crippen molar-refractivity contribution in [3.8, 4) is 0 Å². The summed E-state index contributed by atoms with van der Waals surface area (Å²) in [6.45, 7) is 0.0799. The summed E-state index contributed by atoms with van der Waals surface area (Å²) in [5.41, 5.74) is -0.767. The Hall–Kier alpha value is -1.56. The molecular weight excluding hydrogens is 247 g/mol. The number of amides is 1. The molecule has 0 bridgehead atoms. The molecule has 0 saturated carbocycles. The van der Waals surface area contributed by atoms with Crippen LogP contribution in [0.4, 0.5) is 13.2 Å². The van der Waals surface area contributed by atoms with Gasteiger partial charge in [0.1, 0.15) is 23.0 Å². The SMILES string of the molecule is O=C(c1c(F)cc(F)cc1F)N1CCCC1CO. The maximum absolute atomic E-state index is 13.5. The molecule has 98 valence electrons. The molecule has 1 saturated heterocycles. The molecule has 1 aromatic rings. The molecule has 6 heteroatoms. The van der Waals surface area contributed by atoms with Crippen molar-refractivity contribution < 1.29 is 23.1 Å². The zero-order valence-electron chi connectivity index (χ0n) is 9.50. The van der Waals surface area contributed by atoms with Crippen molar-refractivity contribution in [3.63, 3.8) is 0 Å². The Morgan fingerprint density at radius 1 is 1.33 bits per heavy atom. The summed E-state index contributed by atoms with van der Waals surface area (Å²) in [5.74, 6) is -4.36. The van der Waals surface area contributed by atoms with E-state index in [0.29, 0.717) is 31.5 Å². The molecule has 3 nitrogen and oxygen atoms in total. The molecule has 1 fully saturated rings. The van der Waals surface area contributed by atoms with E-state index in [1.807, 2.05) is 0 Å². The predicted octanol–water partition coefficient (Wildman–Crippen LogP) is 1.70. The minimum atomic E-state index is -1.22.